The van der Waals surface area contributed by atoms with E-state index in [1.165, 1.54) is 36.5 Å². The third-order valence-electron chi connectivity index (χ3n) is 4.56. The number of hydrazone groups is 1. The lowest BCUT2D eigenvalue weighted by Gasteiger charge is -2.14. The summed E-state index contributed by atoms with van der Waals surface area (Å²) in [5.41, 5.74) is 2.13. The standard InChI is InChI=1S/C22H17BrN4O9S/c1-2-35-20-11-14(13-24-25-22(28)15-4-3-5-17(12-15)27(31)32)10-19(23)21(20)36-37(33,34)18-8-6-16(7-9-18)26(29)30/h3-13H,2H2,1H3,(H,25,28)/b24-13-. The van der Waals surface area contributed by atoms with Crippen LogP contribution in [0, 0.1) is 20.2 Å². The summed E-state index contributed by atoms with van der Waals surface area (Å²) in [6, 6.07) is 12.1. The minimum Gasteiger partial charge on any atom is -0.490 e. The van der Waals surface area contributed by atoms with Gasteiger partial charge in [0.2, 0.25) is 0 Å². The van der Waals surface area contributed by atoms with E-state index in [1.54, 1.807) is 6.92 Å². The summed E-state index contributed by atoms with van der Waals surface area (Å²) in [7, 11) is -4.37. The Morgan fingerprint density at radius 2 is 1.73 bits per heavy atom. The molecule has 0 aromatic heterocycles. The number of carbonyl (C=O) groups excluding carboxylic acids is 1. The second-order valence-electron chi connectivity index (χ2n) is 7.06. The molecule has 192 valence electrons. The van der Waals surface area contributed by atoms with Crippen molar-refractivity contribution in [3.63, 3.8) is 0 Å². The van der Waals surface area contributed by atoms with Gasteiger partial charge in [0.25, 0.3) is 17.3 Å². The molecule has 13 nitrogen and oxygen atoms in total. The van der Waals surface area contributed by atoms with Gasteiger partial charge in [-0.15, -0.1) is 0 Å². The average molecular weight is 593 g/mol. The molecule has 0 bridgehead atoms. The molecule has 0 radical (unpaired) electrons. The maximum atomic E-state index is 12.7. The Bertz CT molecular complexity index is 1490. The van der Waals surface area contributed by atoms with Gasteiger partial charge in [-0.1, -0.05) is 6.07 Å². The zero-order valence-electron chi connectivity index (χ0n) is 18.9. The van der Waals surface area contributed by atoms with Crippen LogP contribution in [0.15, 0.2) is 75.1 Å². The monoisotopic (exact) mass is 592 g/mol. The lowest BCUT2D eigenvalue weighted by Crippen LogP contribution is -2.17. The zero-order valence-corrected chi connectivity index (χ0v) is 21.3. The highest BCUT2D eigenvalue weighted by molar-refractivity contribution is 9.10. The van der Waals surface area contributed by atoms with Crippen molar-refractivity contribution < 1.29 is 32.0 Å². The van der Waals surface area contributed by atoms with E-state index >= 15 is 0 Å². The van der Waals surface area contributed by atoms with Gasteiger partial charge in [-0.25, -0.2) is 5.43 Å². The summed E-state index contributed by atoms with van der Waals surface area (Å²) in [6.45, 7) is 1.83. The summed E-state index contributed by atoms with van der Waals surface area (Å²) in [6.07, 6.45) is 1.25. The molecule has 0 atom stereocenters. The van der Waals surface area contributed by atoms with Gasteiger partial charge >= 0.3 is 10.1 Å². The van der Waals surface area contributed by atoms with Crippen molar-refractivity contribution in [3.8, 4) is 11.5 Å². The Morgan fingerprint density at radius 1 is 1.05 bits per heavy atom. The van der Waals surface area contributed by atoms with E-state index in [1.807, 2.05) is 0 Å². The zero-order chi connectivity index (χ0) is 27.2. The fraction of sp³-hybridized carbons (Fsp3) is 0.0909. The molecular weight excluding hydrogens is 576 g/mol. The lowest BCUT2D eigenvalue weighted by atomic mass is 10.2. The van der Waals surface area contributed by atoms with Crippen molar-refractivity contribution in [1.29, 1.82) is 0 Å². The predicted molar refractivity (Wildman–Crippen MR) is 134 cm³/mol. The molecule has 0 saturated carbocycles. The number of nitrogens with one attached hydrogen (secondary N) is 1. The number of carbonyl (C=O) groups is 1. The highest BCUT2D eigenvalue weighted by Crippen LogP contribution is 2.38. The van der Waals surface area contributed by atoms with Crippen molar-refractivity contribution in [2.45, 2.75) is 11.8 Å². The molecule has 1 N–H and O–H groups in total. The molecule has 0 aliphatic rings. The Hall–Kier alpha value is -4.37. The molecule has 0 aliphatic heterocycles. The maximum absolute atomic E-state index is 12.7. The molecule has 0 saturated heterocycles. The van der Waals surface area contributed by atoms with Crippen LogP contribution < -0.4 is 14.3 Å². The van der Waals surface area contributed by atoms with Gasteiger partial charge in [-0.2, -0.15) is 13.5 Å². The summed E-state index contributed by atoms with van der Waals surface area (Å²) in [5, 5.41) is 25.5. The Balaban J connectivity index is 1.81. The third kappa shape index (κ3) is 6.86. The molecule has 3 aromatic rings. The Morgan fingerprint density at radius 3 is 2.35 bits per heavy atom. The SMILES string of the molecule is CCOc1cc(/C=N\NC(=O)c2cccc([N+](=O)[O-])c2)cc(Br)c1OS(=O)(=O)c1ccc([N+](=O)[O-])cc1. The van der Waals surface area contributed by atoms with E-state index in [0.717, 1.165) is 30.3 Å². The van der Waals surface area contributed by atoms with Crippen LogP contribution in [-0.2, 0) is 10.1 Å². The molecule has 0 fully saturated rings. The minimum absolute atomic E-state index is 0.0303. The number of nitrogens with zero attached hydrogens (tertiary/aromatic N) is 3. The summed E-state index contributed by atoms with van der Waals surface area (Å²) >= 11 is 3.23. The van der Waals surface area contributed by atoms with Crippen LogP contribution >= 0.6 is 15.9 Å². The Kier molecular flexibility index (Phi) is 8.52. The minimum atomic E-state index is -4.37. The van der Waals surface area contributed by atoms with Gasteiger partial charge in [-0.3, -0.25) is 25.0 Å². The maximum Gasteiger partial charge on any atom is 0.339 e. The van der Waals surface area contributed by atoms with Gasteiger partial charge in [-0.05, 0) is 58.7 Å². The van der Waals surface area contributed by atoms with Crippen molar-refractivity contribution >= 4 is 49.5 Å². The van der Waals surface area contributed by atoms with E-state index in [9.17, 15) is 33.4 Å². The molecule has 0 aliphatic carbocycles. The summed E-state index contributed by atoms with van der Waals surface area (Å²) < 4.78 is 36.4. The smallest absolute Gasteiger partial charge is 0.339 e. The lowest BCUT2D eigenvalue weighted by molar-refractivity contribution is -0.385. The average Bonchev–Trinajstić information content (AvgIpc) is 2.86. The Labute approximate surface area is 218 Å². The molecule has 37 heavy (non-hydrogen) atoms. The number of nitro benzene ring substituents is 2. The largest absolute Gasteiger partial charge is 0.490 e. The first-order valence-electron chi connectivity index (χ1n) is 10.2. The van der Waals surface area contributed by atoms with Crippen molar-refractivity contribution in [2.24, 2.45) is 5.10 Å². The van der Waals surface area contributed by atoms with Crippen LogP contribution in [-0.4, -0.2) is 37.0 Å². The van der Waals surface area contributed by atoms with Gasteiger partial charge in [0.15, 0.2) is 11.5 Å². The molecule has 0 spiro atoms. The van der Waals surface area contributed by atoms with E-state index in [0.29, 0.717) is 5.56 Å². The van der Waals surface area contributed by atoms with Crippen LogP contribution in [0.5, 0.6) is 11.5 Å². The fourth-order valence-corrected chi connectivity index (χ4v) is 4.49. The first kappa shape index (κ1) is 27.2. The molecular formula is C22H17BrN4O9S. The number of nitro groups is 2. The first-order chi connectivity index (χ1) is 17.5. The first-order valence-corrected chi connectivity index (χ1v) is 12.4. The number of hydrogen-bond donors (Lipinski definition) is 1. The highest BCUT2D eigenvalue weighted by atomic mass is 79.9. The number of amides is 1. The van der Waals surface area contributed by atoms with Crippen molar-refractivity contribution in [1.82, 2.24) is 5.43 Å². The predicted octanol–water partition coefficient (Wildman–Crippen LogP) is 4.20. The van der Waals surface area contributed by atoms with E-state index in [4.69, 9.17) is 8.92 Å². The van der Waals surface area contributed by atoms with E-state index < -0.39 is 25.9 Å². The number of ether oxygens (including phenoxy) is 1. The fourth-order valence-electron chi connectivity index (χ4n) is 2.89. The van der Waals surface area contributed by atoms with Gasteiger partial charge in [0, 0.05) is 29.8 Å². The molecule has 3 aromatic carbocycles. The number of benzene rings is 3. The van der Waals surface area contributed by atoms with Gasteiger partial charge in [0.05, 0.1) is 27.1 Å². The molecule has 0 unspecified atom stereocenters. The highest BCUT2D eigenvalue weighted by Gasteiger charge is 2.23. The van der Waals surface area contributed by atoms with Crippen molar-refractivity contribution in [3.05, 3.63) is 96.5 Å². The third-order valence-corrected chi connectivity index (χ3v) is 6.38. The van der Waals surface area contributed by atoms with Crippen LogP contribution in [0.1, 0.15) is 22.8 Å². The van der Waals surface area contributed by atoms with Gasteiger partial charge < -0.3 is 8.92 Å². The molecule has 3 rings (SSSR count). The number of halogens is 1. The van der Waals surface area contributed by atoms with E-state index in [2.05, 4.69) is 26.5 Å². The second-order valence-corrected chi connectivity index (χ2v) is 9.46. The quantitative estimate of drug-likeness (QED) is 0.156. The molecule has 1 amide bonds. The number of hydrogen-bond acceptors (Lipinski definition) is 10. The summed E-state index contributed by atoms with van der Waals surface area (Å²) in [4.78, 5) is 32.3. The van der Waals surface area contributed by atoms with Crippen molar-refractivity contribution in [2.75, 3.05) is 6.61 Å². The van der Waals surface area contributed by atoms with E-state index in [-0.39, 0.29) is 44.4 Å². The normalized spacial score (nSPS) is 11.2. The van der Waals surface area contributed by atoms with Crippen LogP contribution in [0.25, 0.3) is 0 Å². The summed E-state index contributed by atoms with van der Waals surface area (Å²) in [5.74, 6) is -0.815. The topological polar surface area (TPSA) is 180 Å². The van der Waals surface area contributed by atoms with Gasteiger partial charge in [0.1, 0.15) is 4.90 Å². The number of non-ortho nitro benzene ring substituents is 2. The molecule has 15 heteroatoms. The molecule has 0 heterocycles. The number of rotatable bonds is 10. The van der Waals surface area contributed by atoms with Crippen LogP contribution in [0.2, 0.25) is 0 Å². The van der Waals surface area contributed by atoms with Crippen LogP contribution in [0.3, 0.4) is 0 Å². The van der Waals surface area contributed by atoms with Crippen LogP contribution in [0.4, 0.5) is 11.4 Å². The second kappa shape index (κ2) is 11.6.